The molecule has 0 aromatic carbocycles. The number of rotatable bonds is 20. The van der Waals surface area contributed by atoms with Crippen LogP contribution >= 0.6 is 20.3 Å². The molecule has 1 aliphatic rings. The van der Waals surface area contributed by atoms with Crippen LogP contribution in [0.15, 0.2) is 81.6 Å². The van der Waals surface area contributed by atoms with Crippen LogP contribution in [0.1, 0.15) is 65.2 Å². The Morgan fingerprint density at radius 1 is 1.11 bits per heavy atom. The molecule has 0 radical (unpaired) electrons. The number of carbonyl (C=O) groups excluding carboxylic acids is 1. The molecule has 1 fully saturated rings. The average Bonchev–Trinajstić information content (AvgIpc) is 3.60. The summed E-state index contributed by atoms with van der Waals surface area (Å²) < 4.78 is 21.9. The second-order valence-corrected chi connectivity index (χ2v) is 16.2. The van der Waals surface area contributed by atoms with Gasteiger partial charge in [0.2, 0.25) is 5.91 Å². The van der Waals surface area contributed by atoms with Crippen molar-refractivity contribution in [1.29, 1.82) is 5.26 Å². The predicted octanol–water partition coefficient (Wildman–Crippen LogP) is 5.23. The molecule has 4 aromatic heterocycles. The Balaban J connectivity index is 1.15. The van der Waals surface area contributed by atoms with Crippen LogP contribution in [0.5, 0.6) is 0 Å². The summed E-state index contributed by atoms with van der Waals surface area (Å²) in [5, 5.41) is 22.2. The first kappa shape index (κ1) is 42.8. The van der Waals surface area contributed by atoms with Crippen molar-refractivity contribution in [3.63, 3.8) is 0 Å². The fourth-order valence-electron chi connectivity index (χ4n) is 6.18. The van der Waals surface area contributed by atoms with Crippen molar-refractivity contribution < 1.29 is 23.7 Å². The Morgan fingerprint density at radius 3 is 2.38 bits per heavy atom. The fraction of sp³-hybridized carbons (Fsp3) is 0.462. The molecule has 0 aliphatic carbocycles. The van der Waals surface area contributed by atoms with E-state index in [4.69, 9.17) is 24.0 Å². The minimum absolute atomic E-state index is 0.0424. The molecule has 1 aliphatic heterocycles. The number of ether oxygens (including phenoxy) is 1. The first-order valence-corrected chi connectivity index (χ1v) is 20.8. The minimum atomic E-state index is -1.63. The van der Waals surface area contributed by atoms with Crippen molar-refractivity contribution >= 4 is 26.2 Å². The molecular weight excluding hydrogens is 756 g/mol. The molecular formula is C39H49N8O7PS. The highest BCUT2D eigenvalue weighted by atomic mass is 32.2. The van der Waals surface area contributed by atoms with E-state index in [0.29, 0.717) is 13.0 Å². The standard InChI is InChI=1S/C39H49N8O7PS/c1-26(2)47(27(3)4)55(52-19-9-15-40)54-34-23-37(53-35(34)25-48)46-24-28(38(50)45-39(46)51)13-14-36(49)43-18-10-20-56-29-21-32(30-11-5-7-16-41-30)44-33(22-29)31-12-6-8-17-42-31/h5-8,11-12,16-17,21-22,24,26-27,34-35,37,48H,9-10,13-14,18-20,23,25H2,1-4H3,(H,43,49)(H,45,50,51)/t34-,35+,37+,55?/m0/s1. The fourth-order valence-corrected chi connectivity index (χ4v) is 8.85. The maximum absolute atomic E-state index is 13.0. The van der Waals surface area contributed by atoms with Gasteiger partial charge in [0.05, 0.1) is 54.6 Å². The number of hydrogen-bond acceptors (Lipinski definition) is 13. The molecule has 5 heterocycles. The highest BCUT2D eigenvalue weighted by Crippen LogP contribution is 2.49. The zero-order chi connectivity index (χ0) is 40.0. The van der Waals surface area contributed by atoms with Crippen LogP contribution in [0, 0.1) is 11.3 Å². The number of aliphatic hydroxyl groups is 1. The predicted molar refractivity (Wildman–Crippen MR) is 214 cm³/mol. The quantitative estimate of drug-likeness (QED) is 0.0597. The number of aromatic nitrogens is 5. The monoisotopic (exact) mass is 804 g/mol. The summed E-state index contributed by atoms with van der Waals surface area (Å²) in [4.78, 5) is 55.6. The van der Waals surface area contributed by atoms with E-state index in [1.165, 1.54) is 10.8 Å². The molecule has 1 unspecified atom stereocenters. The van der Waals surface area contributed by atoms with Crippen LogP contribution < -0.4 is 16.6 Å². The molecule has 17 heteroatoms. The van der Waals surface area contributed by atoms with Gasteiger partial charge in [0.15, 0.2) is 0 Å². The highest BCUT2D eigenvalue weighted by molar-refractivity contribution is 7.99. The van der Waals surface area contributed by atoms with Crippen LogP contribution in [0.25, 0.3) is 22.8 Å². The third-order valence-corrected chi connectivity index (χ3v) is 12.0. The smallest absolute Gasteiger partial charge is 0.330 e. The average molecular weight is 805 g/mol. The molecule has 3 N–H and O–H groups in total. The molecule has 4 atom stereocenters. The topological polar surface area (TPSA) is 198 Å². The lowest BCUT2D eigenvalue weighted by atomic mass is 10.1. The lowest BCUT2D eigenvalue weighted by Gasteiger charge is -2.37. The van der Waals surface area contributed by atoms with E-state index in [1.54, 1.807) is 24.2 Å². The SMILES string of the molecule is CC(C)N(C(C)C)P(OCCC#N)O[C@H]1C[C@H](n2cc(CCC(=O)NCCCSc3cc(-c4ccccn4)nc(-c4ccccn4)c3)c(=O)[nH]c2=O)O[C@@H]1CO. The molecule has 0 saturated carbocycles. The van der Waals surface area contributed by atoms with E-state index >= 15 is 0 Å². The van der Waals surface area contributed by atoms with Gasteiger partial charge in [-0.15, -0.1) is 11.8 Å². The van der Waals surface area contributed by atoms with Gasteiger partial charge >= 0.3 is 5.69 Å². The van der Waals surface area contributed by atoms with Gasteiger partial charge < -0.3 is 24.2 Å². The van der Waals surface area contributed by atoms with Gasteiger partial charge in [-0.25, -0.2) is 14.4 Å². The summed E-state index contributed by atoms with van der Waals surface area (Å²) in [7, 11) is -1.63. The largest absolute Gasteiger partial charge is 0.394 e. The van der Waals surface area contributed by atoms with Gasteiger partial charge in [0, 0.05) is 60.5 Å². The van der Waals surface area contributed by atoms with Gasteiger partial charge in [-0.3, -0.25) is 29.1 Å². The van der Waals surface area contributed by atoms with Gasteiger partial charge in [-0.1, -0.05) is 12.1 Å². The van der Waals surface area contributed by atoms with Gasteiger partial charge in [-0.05, 0) is 82.7 Å². The number of hydrogen-bond donors (Lipinski definition) is 3. The number of amides is 1. The van der Waals surface area contributed by atoms with Crippen molar-refractivity contribution in [1.82, 2.24) is 34.5 Å². The summed E-state index contributed by atoms with van der Waals surface area (Å²) in [6.45, 7) is 8.35. The number of aromatic amines is 1. The van der Waals surface area contributed by atoms with Crippen molar-refractivity contribution in [2.75, 3.05) is 25.5 Å². The van der Waals surface area contributed by atoms with Gasteiger partial charge in [-0.2, -0.15) is 5.26 Å². The second kappa shape index (κ2) is 21.3. The lowest BCUT2D eigenvalue weighted by molar-refractivity contribution is -0.121. The molecule has 56 heavy (non-hydrogen) atoms. The maximum Gasteiger partial charge on any atom is 0.330 e. The summed E-state index contributed by atoms with van der Waals surface area (Å²) in [6, 6.07) is 17.6. The van der Waals surface area contributed by atoms with Crippen LogP contribution in [-0.2, 0) is 25.0 Å². The lowest BCUT2D eigenvalue weighted by Crippen LogP contribution is -2.36. The molecule has 298 valence electrons. The van der Waals surface area contributed by atoms with Gasteiger partial charge in [0.1, 0.15) is 12.3 Å². The number of aryl methyl sites for hydroxylation is 1. The molecule has 1 saturated heterocycles. The van der Waals surface area contributed by atoms with E-state index < -0.39 is 38.2 Å². The molecule has 15 nitrogen and oxygen atoms in total. The third kappa shape index (κ3) is 11.8. The molecule has 0 bridgehead atoms. The van der Waals surface area contributed by atoms with E-state index in [1.807, 2.05) is 76.2 Å². The Kier molecular flexibility index (Phi) is 16.3. The second-order valence-electron chi connectivity index (χ2n) is 13.6. The summed E-state index contributed by atoms with van der Waals surface area (Å²) >= 11 is 1.65. The number of carbonyl (C=O) groups is 1. The summed E-state index contributed by atoms with van der Waals surface area (Å²) in [6.07, 6.45) is 3.90. The number of nitriles is 1. The Bertz CT molecular complexity index is 1960. The zero-order valence-electron chi connectivity index (χ0n) is 32.0. The summed E-state index contributed by atoms with van der Waals surface area (Å²) in [5.74, 6) is 0.515. The Hall–Kier alpha value is -4.33. The van der Waals surface area contributed by atoms with Crippen LogP contribution in [0.4, 0.5) is 0 Å². The Labute approximate surface area is 331 Å². The highest BCUT2D eigenvalue weighted by Gasteiger charge is 2.41. The van der Waals surface area contributed by atoms with Crippen molar-refractivity contribution in [3.8, 4) is 28.8 Å². The number of nitrogens with one attached hydrogen (secondary N) is 2. The number of aliphatic hydroxyl groups excluding tert-OH is 1. The normalized spacial score (nSPS) is 17.4. The van der Waals surface area contributed by atoms with Crippen molar-refractivity contribution in [2.24, 2.45) is 0 Å². The van der Waals surface area contributed by atoms with Crippen molar-refractivity contribution in [2.45, 2.75) is 95.2 Å². The first-order valence-electron chi connectivity index (χ1n) is 18.7. The van der Waals surface area contributed by atoms with Crippen LogP contribution in [0.2, 0.25) is 0 Å². The van der Waals surface area contributed by atoms with E-state index in [-0.39, 0.29) is 62.5 Å². The van der Waals surface area contributed by atoms with Crippen LogP contribution in [-0.4, -0.2) is 90.0 Å². The maximum atomic E-state index is 13.0. The number of H-pyrrole nitrogens is 1. The van der Waals surface area contributed by atoms with E-state index in [9.17, 15) is 19.5 Å². The number of pyridine rings is 3. The summed E-state index contributed by atoms with van der Waals surface area (Å²) in [5.41, 5.74) is 2.03. The molecule has 1 amide bonds. The van der Waals surface area contributed by atoms with E-state index in [0.717, 1.165) is 33.4 Å². The van der Waals surface area contributed by atoms with Crippen molar-refractivity contribution in [3.05, 3.63) is 93.5 Å². The minimum Gasteiger partial charge on any atom is -0.394 e. The zero-order valence-corrected chi connectivity index (χ0v) is 33.7. The van der Waals surface area contributed by atoms with Crippen LogP contribution in [0.3, 0.4) is 0 Å². The molecule has 4 aromatic rings. The third-order valence-electron chi connectivity index (χ3n) is 8.79. The molecule has 0 spiro atoms. The number of nitrogens with zero attached hydrogens (tertiary/aromatic N) is 6. The van der Waals surface area contributed by atoms with E-state index in [2.05, 4.69) is 31.0 Å². The Morgan fingerprint density at radius 2 is 1.79 bits per heavy atom. The first-order chi connectivity index (χ1) is 27.1. The number of thioether (sulfide) groups is 1. The van der Waals surface area contributed by atoms with Gasteiger partial charge in [0.25, 0.3) is 14.1 Å². The molecule has 5 rings (SSSR count).